The number of hydrogen-bond acceptors (Lipinski definition) is 1. The molecule has 0 saturated heterocycles. The molecule has 16 heavy (non-hydrogen) atoms. The summed E-state index contributed by atoms with van der Waals surface area (Å²) in [4.78, 5) is 0. The number of nitrogens with one attached hydrogen (secondary N) is 1. The summed E-state index contributed by atoms with van der Waals surface area (Å²) < 4.78 is 35.7. The molecule has 0 heterocycles. The topological polar surface area (TPSA) is 12.0 Å². The first-order chi connectivity index (χ1) is 7.21. The Hall–Kier alpha value is -0.250. The van der Waals surface area contributed by atoms with E-state index in [2.05, 4.69) is 19.2 Å². The third kappa shape index (κ3) is 5.19. The molecule has 2 atom stereocenters. The summed E-state index contributed by atoms with van der Waals surface area (Å²) in [5.41, 5.74) is 0.443. The second kappa shape index (κ2) is 4.94. The van der Waals surface area contributed by atoms with Crippen molar-refractivity contribution in [3.8, 4) is 0 Å². The van der Waals surface area contributed by atoms with E-state index in [1.54, 1.807) is 0 Å². The van der Waals surface area contributed by atoms with Crippen molar-refractivity contribution in [1.29, 1.82) is 0 Å². The smallest absolute Gasteiger partial charge is 0.314 e. The zero-order valence-corrected chi connectivity index (χ0v) is 10.3. The molecule has 0 bridgehead atoms. The average molecular weight is 237 g/mol. The first-order valence-electron chi connectivity index (χ1n) is 6.01. The fourth-order valence-electron chi connectivity index (χ4n) is 1.98. The van der Waals surface area contributed by atoms with E-state index in [0.717, 1.165) is 6.54 Å². The second-order valence-electron chi connectivity index (χ2n) is 5.71. The largest absolute Gasteiger partial charge is 0.389 e. The minimum atomic E-state index is -4.00. The molecule has 0 aromatic carbocycles. The van der Waals surface area contributed by atoms with Crippen molar-refractivity contribution in [2.75, 3.05) is 6.54 Å². The first kappa shape index (κ1) is 13.8. The predicted octanol–water partition coefficient (Wildman–Crippen LogP) is 3.74. The minimum Gasteiger partial charge on any atom is -0.314 e. The number of rotatable bonds is 6. The van der Waals surface area contributed by atoms with Crippen molar-refractivity contribution in [3.05, 3.63) is 0 Å². The van der Waals surface area contributed by atoms with Gasteiger partial charge in [-0.1, -0.05) is 13.8 Å². The normalized spacial score (nSPS) is 25.5. The predicted molar refractivity (Wildman–Crippen MR) is 59.3 cm³/mol. The van der Waals surface area contributed by atoms with Crippen molar-refractivity contribution in [1.82, 2.24) is 5.32 Å². The molecule has 1 nitrogen and oxygen atoms in total. The van der Waals surface area contributed by atoms with Crippen LogP contribution in [0.25, 0.3) is 0 Å². The lowest BCUT2D eigenvalue weighted by atomic mass is 10.1. The van der Waals surface area contributed by atoms with Gasteiger partial charge in [0.25, 0.3) is 0 Å². The monoisotopic (exact) mass is 237 g/mol. The molecule has 0 radical (unpaired) electrons. The summed E-state index contributed by atoms with van der Waals surface area (Å²) in [7, 11) is 0. The van der Waals surface area contributed by atoms with E-state index >= 15 is 0 Å². The summed E-state index contributed by atoms with van der Waals surface area (Å²) in [5, 5.41) is 3.32. The molecule has 0 aromatic heterocycles. The van der Waals surface area contributed by atoms with Gasteiger partial charge >= 0.3 is 6.18 Å². The lowest BCUT2D eigenvalue weighted by Gasteiger charge is -2.15. The Balaban J connectivity index is 2.01. The molecule has 0 aliphatic heterocycles. The SMILES string of the molecule is CC(CCCC(F)(F)F)NCC1CC1(C)C. The van der Waals surface area contributed by atoms with Crippen LogP contribution in [-0.4, -0.2) is 18.8 Å². The standard InChI is InChI=1S/C12H22F3N/c1-9(5-4-6-12(13,14)15)16-8-10-7-11(10,2)3/h9-10,16H,4-8H2,1-3H3. The van der Waals surface area contributed by atoms with E-state index in [1.807, 2.05) is 6.92 Å². The average Bonchev–Trinajstić information content (AvgIpc) is 2.68. The molecule has 0 spiro atoms. The minimum absolute atomic E-state index is 0.193. The number of hydrogen-bond donors (Lipinski definition) is 1. The van der Waals surface area contributed by atoms with Crippen molar-refractivity contribution >= 4 is 0 Å². The first-order valence-corrected chi connectivity index (χ1v) is 6.01. The highest BCUT2D eigenvalue weighted by atomic mass is 19.4. The van der Waals surface area contributed by atoms with Crippen molar-refractivity contribution < 1.29 is 13.2 Å². The van der Waals surface area contributed by atoms with E-state index in [-0.39, 0.29) is 12.5 Å². The molecule has 1 rings (SSSR count). The van der Waals surface area contributed by atoms with Gasteiger partial charge in [0, 0.05) is 12.5 Å². The summed E-state index contributed by atoms with van der Waals surface area (Å²) in [6, 6.07) is 0.193. The van der Waals surface area contributed by atoms with Crippen LogP contribution in [0.4, 0.5) is 13.2 Å². The fraction of sp³-hybridized carbons (Fsp3) is 1.00. The van der Waals surface area contributed by atoms with Gasteiger partial charge in [0.05, 0.1) is 0 Å². The Labute approximate surface area is 95.8 Å². The summed E-state index contributed by atoms with van der Waals surface area (Å²) >= 11 is 0. The Morgan fingerprint density at radius 1 is 1.38 bits per heavy atom. The van der Waals surface area contributed by atoms with Gasteiger partial charge < -0.3 is 5.32 Å². The van der Waals surface area contributed by atoms with Crippen LogP contribution in [0.3, 0.4) is 0 Å². The Morgan fingerprint density at radius 3 is 2.38 bits per heavy atom. The molecule has 0 amide bonds. The van der Waals surface area contributed by atoms with E-state index in [9.17, 15) is 13.2 Å². The van der Waals surface area contributed by atoms with Crippen molar-refractivity contribution in [2.24, 2.45) is 11.3 Å². The second-order valence-corrected chi connectivity index (χ2v) is 5.71. The van der Waals surface area contributed by atoms with Crippen LogP contribution in [0, 0.1) is 11.3 Å². The zero-order valence-electron chi connectivity index (χ0n) is 10.3. The van der Waals surface area contributed by atoms with E-state index < -0.39 is 12.6 Å². The van der Waals surface area contributed by atoms with Crippen molar-refractivity contribution in [3.63, 3.8) is 0 Å². The van der Waals surface area contributed by atoms with Gasteiger partial charge in [-0.15, -0.1) is 0 Å². The van der Waals surface area contributed by atoms with Crippen LogP contribution in [0.2, 0.25) is 0 Å². The summed E-state index contributed by atoms with van der Waals surface area (Å²) in [6.07, 6.45) is -2.60. The van der Waals surface area contributed by atoms with Gasteiger partial charge in [-0.3, -0.25) is 0 Å². The van der Waals surface area contributed by atoms with Crippen LogP contribution in [0.15, 0.2) is 0 Å². The quantitative estimate of drug-likeness (QED) is 0.742. The maximum absolute atomic E-state index is 11.9. The van der Waals surface area contributed by atoms with Crippen LogP contribution in [0.1, 0.15) is 46.5 Å². The molecule has 1 aliphatic rings. The third-order valence-electron chi connectivity index (χ3n) is 3.53. The lowest BCUT2D eigenvalue weighted by Crippen LogP contribution is -2.29. The van der Waals surface area contributed by atoms with Crippen LogP contribution >= 0.6 is 0 Å². The van der Waals surface area contributed by atoms with Gasteiger partial charge in [0.2, 0.25) is 0 Å². The van der Waals surface area contributed by atoms with Gasteiger partial charge in [0.15, 0.2) is 0 Å². The zero-order chi connectivity index (χ0) is 12.4. The highest BCUT2D eigenvalue weighted by molar-refractivity contribution is 4.96. The Kier molecular flexibility index (Phi) is 4.27. The van der Waals surface area contributed by atoms with Gasteiger partial charge in [-0.05, 0) is 44.1 Å². The van der Waals surface area contributed by atoms with E-state index in [4.69, 9.17) is 0 Å². The van der Waals surface area contributed by atoms with Gasteiger partial charge in [-0.2, -0.15) is 13.2 Å². The molecule has 4 heteroatoms. The molecule has 1 fully saturated rings. The van der Waals surface area contributed by atoms with Crippen LogP contribution in [0.5, 0.6) is 0 Å². The Morgan fingerprint density at radius 2 is 1.94 bits per heavy atom. The summed E-state index contributed by atoms with van der Waals surface area (Å²) in [5.74, 6) is 0.706. The number of alkyl halides is 3. The third-order valence-corrected chi connectivity index (χ3v) is 3.53. The molecular weight excluding hydrogens is 215 g/mol. The van der Waals surface area contributed by atoms with Crippen molar-refractivity contribution in [2.45, 2.75) is 58.7 Å². The lowest BCUT2D eigenvalue weighted by molar-refractivity contribution is -0.135. The van der Waals surface area contributed by atoms with E-state index in [0.29, 0.717) is 17.8 Å². The van der Waals surface area contributed by atoms with Crippen LogP contribution < -0.4 is 5.32 Å². The maximum atomic E-state index is 11.9. The fourth-order valence-corrected chi connectivity index (χ4v) is 1.98. The molecule has 96 valence electrons. The van der Waals surface area contributed by atoms with E-state index in [1.165, 1.54) is 6.42 Å². The highest BCUT2D eigenvalue weighted by Gasteiger charge is 2.44. The number of halogens is 3. The van der Waals surface area contributed by atoms with Gasteiger partial charge in [-0.25, -0.2) is 0 Å². The molecular formula is C12H22F3N. The molecule has 1 N–H and O–H groups in total. The van der Waals surface area contributed by atoms with Gasteiger partial charge in [0.1, 0.15) is 0 Å². The molecule has 1 aliphatic carbocycles. The highest BCUT2D eigenvalue weighted by Crippen LogP contribution is 2.51. The molecule has 2 unspecified atom stereocenters. The Bertz CT molecular complexity index is 223. The summed E-state index contributed by atoms with van der Waals surface area (Å²) in [6.45, 7) is 7.37. The maximum Gasteiger partial charge on any atom is 0.389 e. The van der Waals surface area contributed by atoms with Crippen LogP contribution in [-0.2, 0) is 0 Å². The molecule has 0 aromatic rings. The molecule has 1 saturated carbocycles.